The molecule has 0 spiro atoms. The van der Waals surface area contributed by atoms with Crippen molar-refractivity contribution < 1.29 is 13.2 Å². The summed E-state index contributed by atoms with van der Waals surface area (Å²) in [5, 5.41) is 3.37. The summed E-state index contributed by atoms with van der Waals surface area (Å²) in [5.41, 5.74) is 0.453. The number of benzene rings is 1. The molecule has 1 aromatic rings. The molecule has 2 N–H and O–H groups in total. The van der Waals surface area contributed by atoms with Crippen molar-refractivity contribution in [1.29, 1.82) is 0 Å². The fourth-order valence-corrected chi connectivity index (χ4v) is 5.35. The van der Waals surface area contributed by atoms with Crippen LogP contribution in [0, 0.1) is 5.92 Å². The molecule has 0 atom stereocenters. The second-order valence-electron chi connectivity index (χ2n) is 7.67. The number of halogens is 1. The summed E-state index contributed by atoms with van der Waals surface area (Å²) in [5.74, 6) is 0.533. The van der Waals surface area contributed by atoms with Gasteiger partial charge in [0.15, 0.2) is 0 Å². The molecule has 3 rings (SSSR count). The van der Waals surface area contributed by atoms with Crippen LogP contribution in [0.5, 0.6) is 0 Å². The van der Waals surface area contributed by atoms with E-state index in [0.29, 0.717) is 11.5 Å². The maximum atomic E-state index is 12.8. The van der Waals surface area contributed by atoms with Gasteiger partial charge in [0.1, 0.15) is 0 Å². The highest BCUT2D eigenvalue weighted by molar-refractivity contribution is 7.89. The number of carbonyl (C=O) groups excluding carboxylic acids is 1. The number of likely N-dealkylation sites (tertiary alicyclic amines) is 1. The third kappa shape index (κ3) is 5.92. The third-order valence-corrected chi connectivity index (χ3v) is 7.17. The molecule has 158 valence electrons. The Labute approximate surface area is 174 Å². The quantitative estimate of drug-likeness (QED) is 0.698. The van der Waals surface area contributed by atoms with Gasteiger partial charge in [-0.1, -0.05) is 25.8 Å². The smallest absolute Gasteiger partial charge is 0.253 e. The van der Waals surface area contributed by atoms with E-state index in [1.807, 2.05) is 4.90 Å². The molecule has 1 aromatic carbocycles. The Kier molecular flexibility index (Phi) is 8.74. The van der Waals surface area contributed by atoms with Gasteiger partial charge in [-0.2, -0.15) is 0 Å². The first-order valence-electron chi connectivity index (χ1n) is 10.1. The first kappa shape index (κ1) is 23.1. The average molecular weight is 430 g/mol. The van der Waals surface area contributed by atoms with Crippen molar-refractivity contribution in [3.05, 3.63) is 29.8 Å². The van der Waals surface area contributed by atoms with Gasteiger partial charge in [0.05, 0.1) is 4.90 Å². The molecule has 2 aliphatic rings. The van der Waals surface area contributed by atoms with Gasteiger partial charge in [-0.25, -0.2) is 13.1 Å². The Bertz CT molecular complexity index is 743. The van der Waals surface area contributed by atoms with Gasteiger partial charge in [-0.3, -0.25) is 4.79 Å². The van der Waals surface area contributed by atoms with Crippen molar-refractivity contribution in [2.75, 3.05) is 26.2 Å². The Hall–Kier alpha value is -1.15. The third-order valence-electron chi connectivity index (χ3n) is 5.65. The summed E-state index contributed by atoms with van der Waals surface area (Å²) in [6.07, 6.45) is 5.88. The topological polar surface area (TPSA) is 78.5 Å². The van der Waals surface area contributed by atoms with E-state index < -0.39 is 10.0 Å². The normalized spacial score (nSPS) is 18.8. The molecule has 1 saturated carbocycles. The van der Waals surface area contributed by atoms with Crippen LogP contribution in [0.25, 0.3) is 0 Å². The fourth-order valence-electron chi connectivity index (χ4n) is 4.00. The summed E-state index contributed by atoms with van der Waals surface area (Å²) in [6.45, 7) is 5.52. The zero-order valence-electron chi connectivity index (χ0n) is 16.5. The van der Waals surface area contributed by atoms with Crippen LogP contribution in [0.3, 0.4) is 0 Å². The summed E-state index contributed by atoms with van der Waals surface area (Å²) in [6, 6.07) is 6.47. The molecule has 1 aliphatic carbocycles. The zero-order valence-corrected chi connectivity index (χ0v) is 18.2. The van der Waals surface area contributed by atoms with Crippen LogP contribution in [0.1, 0.15) is 55.8 Å². The number of sulfonamides is 1. The van der Waals surface area contributed by atoms with Crippen molar-refractivity contribution in [3.8, 4) is 0 Å². The molecular formula is C20H32ClN3O3S. The molecule has 0 unspecified atom stereocenters. The molecule has 1 heterocycles. The molecule has 0 radical (unpaired) electrons. The molecule has 1 saturated heterocycles. The molecule has 1 amide bonds. The summed E-state index contributed by atoms with van der Waals surface area (Å²) in [4.78, 5) is 14.9. The van der Waals surface area contributed by atoms with Crippen LogP contribution in [0.2, 0.25) is 0 Å². The Morgan fingerprint density at radius 1 is 1.14 bits per heavy atom. The number of nitrogens with one attached hydrogen (secondary N) is 2. The Morgan fingerprint density at radius 2 is 1.82 bits per heavy atom. The number of hydrogen-bond donors (Lipinski definition) is 2. The van der Waals surface area contributed by atoms with E-state index in [4.69, 9.17) is 0 Å². The van der Waals surface area contributed by atoms with Gasteiger partial charge in [0.2, 0.25) is 10.0 Å². The Morgan fingerprint density at radius 3 is 2.46 bits per heavy atom. The van der Waals surface area contributed by atoms with Crippen molar-refractivity contribution >= 4 is 28.3 Å². The van der Waals surface area contributed by atoms with Gasteiger partial charge in [0.25, 0.3) is 5.91 Å². The van der Waals surface area contributed by atoms with Gasteiger partial charge in [-0.15, -0.1) is 12.4 Å². The second kappa shape index (κ2) is 10.6. The second-order valence-corrected chi connectivity index (χ2v) is 9.39. The van der Waals surface area contributed by atoms with Crippen LogP contribution >= 0.6 is 12.4 Å². The van der Waals surface area contributed by atoms with E-state index in [1.165, 1.54) is 6.07 Å². The lowest BCUT2D eigenvalue weighted by molar-refractivity contribution is 0.0690. The maximum absolute atomic E-state index is 12.8. The molecule has 2 fully saturated rings. The van der Waals surface area contributed by atoms with E-state index in [-0.39, 0.29) is 29.3 Å². The minimum Gasteiger partial charge on any atom is -0.339 e. The van der Waals surface area contributed by atoms with Crippen molar-refractivity contribution in [2.24, 2.45) is 5.92 Å². The number of rotatable bonds is 7. The van der Waals surface area contributed by atoms with E-state index >= 15 is 0 Å². The van der Waals surface area contributed by atoms with Crippen molar-refractivity contribution in [3.63, 3.8) is 0 Å². The monoisotopic (exact) mass is 429 g/mol. The minimum atomic E-state index is -3.58. The average Bonchev–Trinajstić information content (AvgIpc) is 3.18. The number of nitrogens with zero attached hydrogens (tertiary/aromatic N) is 1. The number of amides is 1. The van der Waals surface area contributed by atoms with Crippen LogP contribution in [0.15, 0.2) is 29.2 Å². The van der Waals surface area contributed by atoms with Gasteiger partial charge in [-0.05, 0) is 62.9 Å². The largest absolute Gasteiger partial charge is 0.339 e. The zero-order chi connectivity index (χ0) is 19.3. The van der Waals surface area contributed by atoms with Crippen molar-refractivity contribution in [2.45, 2.75) is 56.4 Å². The predicted molar refractivity (Wildman–Crippen MR) is 113 cm³/mol. The number of hydrogen-bond acceptors (Lipinski definition) is 4. The van der Waals surface area contributed by atoms with Gasteiger partial charge in [0, 0.05) is 24.7 Å². The van der Waals surface area contributed by atoms with Gasteiger partial charge >= 0.3 is 0 Å². The van der Waals surface area contributed by atoms with E-state index in [9.17, 15) is 13.2 Å². The van der Waals surface area contributed by atoms with E-state index in [0.717, 1.165) is 64.7 Å². The molecule has 8 heteroatoms. The maximum Gasteiger partial charge on any atom is 0.253 e. The van der Waals surface area contributed by atoms with Crippen LogP contribution in [-0.2, 0) is 10.0 Å². The van der Waals surface area contributed by atoms with Crippen LogP contribution in [0.4, 0.5) is 0 Å². The Balaban J connectivity index is 0.00000280. The van der Waals surface area contributed by atoms with E-state index in [1.54, 1.807) is 18.2 Å². The fraction of sp³-hybridized carbons (Fsp3) is 0.650. The highest BCUT2D eigenvalue weighted by Crippen LogP contribution is 2.22. The predicted octanol–water partition coefficient (Wildman–Crippen LogP) is 2.79. The van der Waals surface area contributed by atoms with Crippen LogP contribution < -0.4 is 10.0 Å². The van der Waals surface area contributed by atoms with Gasteiger partial charge < -0.3 is 10.2 Å². The summed E-state index contributed by atoms with van der Waals surface area (Å²) in [7, 11) is -3.58. The lowest BCUT2D eigenvalue weighted by atomic mass is 9.96. The molecular weight excluding hydrogens is 398 g/mol. The molecule has 0 aromatic heterocycles. The SMILES string of the molecule is CCNCC1CCN(C(=O)c2cccc(S(=O)(=O)NC3CCCC3)c2)CC1.Cl. The summed E-state index contributed by atoms with van der Waals surface area (Å²) < 4.78 is 28.1. The molecule has 6 nitrogen and oxygen atoms in total. The highest BCUT2D eigenvalue weighted by atomic mass is 35.5. The van der Waals surface area contributed by atoms with Crippen LogP contribution in [-0.4, -0.2) is 51.4 Å². The molecule has 0 bridgehead atoms. The number of carbonyl (C=O) groups is 1. The minimum absolute atomic E-state index is 0. The van der Waals surface area contributed by atoms with Crippen molar-refractivity contribution in [1.82, 2.24) is 14.9 Å². The summed E-state index contributed by atoms with van der Waals surface area (Å²) >= 11 is 0. The lowest BCUT2D eigenvalue weighted by Crippen LogP contribution is -2.40. The lowest BCUT2D eigenvalue weighted by Gasteiger charge is -2.32. The van der Waals surface area contributed by atoms with E-state index in [2.05, 4.69) is 17.0 Å². The first-order valence-corrected chi connectivity index (χ1v) is 11.6. The highest BCUT2D eigenvalue weighted by Gasteiger charge is 2.26. The number of piperidine rings is 1. The standard InChI is InChI=1S/C20H31N3O3S.ClH/c1-2-21-15-16-10-12-23(13-11-16)20(24)17-6-5-9-19(14-17)27(25,26)22-18-7-3-4-8-18;/h5-6,9,14,16,18,21-22H,2-4,7-8,10-13,15H2,1H3;1H. The molecule has 28 heavy (non-hydrogen) atoms. The first-order chi connectivity index (χ1) is 13.0. The molecule has 1 aliphatic heterocycles.